The van der Waals surface area contributed by atoms with Crippen molar-refractivity contribution in [3.05, 3.63) is 41.5 Å². The molecule has 0 saturated carbocycles. The molecular weight excluding hydrogens is 240 g/mol. The van der Waals surface area contributed by atoms with E-state index in [0.29, 0.717) is 0 Å². The van der Waals surface area contributed by atoms with Gasteiger partial charge in [-0.25, -0.2) is 4.79 Å². The molecule has 0 fully saturated rings. The van der Waals surface area contributed by atoms with Crippen LogP contribution in [0.2, 0.25) is 0 Å². The first-order valence-electron chi connectivity index (χ1n) is 5.05. The molecule has 92 valence electrons. The van der Waals surface area contributed by atoms with Crippen molar-refractivity contribution in [2.45, 2.75) is 25.7 Å². The Kier molecular flexibility index (Phi) is 4.07. The second-order valence-electron chi connectivity index (χ2n) is 3.61. The van der Waals surface area contributed by atoms with Gasteiger partial charge in [-0.05, 0) is 32.9 Å². The van der Waals surface area contributed by atoms with Crippen molar-refractivity contribution < 1.29 is 17.4 Å². The second kappa shape index (κ2) is 5.14. The SMILES string of the molecule is C/C=C(\C)C(=O)OS(=O)(=O)c1ccc(C)cc1. The van der Waals surface area contributed by atoms with E-state index >= 15 is 0 Å². The summed E-state index contributed by atoms with van der Waals surface area (Å²) >= 11 is 0. The van der Waals surface area contributed by atoms with E-state index < -0.39 is 16.1 Å². The van der Waals surface area contributed by atoms with Crippen LogP contribution < -0.4 is 0 Å². The smallest absolute Gasteiger partial charge is 0.338 e. The summed E-state index contributed by atoms with van der Waals surface area (Å²) in [6.45, 7) is 4.97. The molecule has 4 nitrogen and oxygen atoms in total. The molecule has 1 aromatic carbocycles. The minimum atomic E-state index is -4.02. The van der Waals surface area contributed by atoms with Crippen molar-refractivity contribution in [1.29, 1.82) is 0 Å². The Morgan fingerprint density at radius 3 is 2.24 bits per heavy atom. The standard InChI is InChI=1S/C12H14O4S/c1-4-10(3)12(13)16-17(14,15)11-7-5-9(2)6-8-11/h4-8H,1-3H3/b10-4+. The van der Waals surface area contributed by atoms with Crippen LogP contribution in [0.3, 0.4) is 0 Å². The molecule has 0 spiro atoms. The van der Waals surface area contributed by atoms with Gasteiger partial charge in [-0.1, -0.05) is 23.8 Å². The number of rotatable bonds is 3. The van der Waals surface area contributed by atoms with Crippen molar-refractivity contribution in [3.63, 3.8) is 0 Å². The number of hydrogen-bond acceptors (Lipinski definition) is 4. The van der Waals surface area contributed by atoms with Crippen molar-refractivity contribution in [2.75, 3.05) is 0 Å². The molecule has 0 aliphatic carbocycles. The molecule has 0 atom stereocenters. The van der Waals surface area contributed by atoms with Gasteiger partial charge in [0, 0.05) is 5.57 Å². The maximum Gasteiger partial charge on any atom is 0.349 e. The molecule has 1 rings (SSSR count). The third-order valence-corrected chi connectivity index (χ3v) is 3.47. The topological polar surface area (TPSA) is 60.4 Å². The number of aryl methyl sites for hydroxylation is 1. The van der Waals surface area contributed by atoms with Crippen LogP contribution >= 0.6 is 0 Å². The number of carbonyl (C=O) groups excluding carboxylic acids is 1. The molecule has 1 aromatic rings. The van der Waals surface area contributed by atoms with E-state index in [0.717, 1.165) is 5.56 Å². The number of carbonyl (C=O) groups is 1. The van der Waals surface area contributed by atoms with E-state index in [1.54, 1.807) is 19.1 Å². The highest BCUT2D eigenvalue weighted by molar-refractivity contribution is 7.87. The molecule has 0 saturated heterocycles. The Labute approximate surface area is 101 Å². The van der Waals surface area contributed by atoms with Gasteiger partial charge in [0.15, 0.2) is 0 Å². The average molecular weight is 254 g/mol. The van der Waals surface area contributed by atoms with Crippen LogP contribution in [0.25, 0.3) is 0 Å². The second-order valence-corrected chi connectivity index (χ2v) is 5.16. The number of hydrogen-bond donors (Lipinski definition) is 0. The molecule has 0 amide bonds. The average Bonchev–Trinajstić information content (AvgIpc) is 2.27. The van der Waals surface area contributed by atoms with E-state index in [1.165, 1.54) is 25.1 Å². The van der Waals surface area contributed by atoms with E-state index in [1.807, 2.05) is 6.92 Å². The first-order valence-corrected chi connectivity index (χ1v) is 6.46. The normalized spacial score (nSPS) is 12.3. The molecule has 17 heavy (non-hydrogen) atoms. The lowest BCUT2D eigenvalue weighted by Gasteiger charge is -2.05. The molecule has 0 radical (unpaired) electrons. The summed E-state index contributed by atoms with van der Waals surface area (Å²) in [7, 11) is -4.02. The van der Waals surface area contributed by atoms with E-state index in [2.05, 4.69) is 4.18 Å². The van der Waals surface area contributed by atoms with E-state index in [9.17, 15) is 13.2 Å². The van der Waals surface area contributed by atoms with Crippen molar-refractivity contribution >= 4 is 16.1 Å². The lowest BCUT2D eigenvalue weighted by molar-refractivity contribution is -0.129. The Balaban J connectivity index is 2.97. The predicted octanol–water partition coefficient (Wildman–Crippen LogP) is 2.19. The van der Waals surface area contributed by atoms with E-state index in [4.69, 9.17) is 0 Å². The molecule has 0 aliphatic rings. The van der Waals surface area contributed by atoms with Crippen molar-refractivity contribution in [1.82, 2.24) is 0 Å². The predicted molar refractivity (Wildman–Crippen MR) is 63.9 cm³/mol. The van der Waals surface area contributed by atoms with Gasteiger partial charge in [-0.3, -0.25) is 0 Å². The molecule has 0 aromatic heterocycles. The van der Waals surface area contributed by atoms with Crippen LogP contribution in [-0.2, 0) is 19.1 Å². The highest BCUT2D eigenvalue weighted by Gasteiger charge is 2.20. The van der Waals surface area contributed by atoms with Gasteiger partial charge in [0.05, 0.1) is 0 Å². The lowest BCUT2D eigenvalue weighted by atomic mass is 10.2. The Morgan fingerprint density at radius 1 is 1.24 bits per heavy atom. The van der Waals surface area contributed by atoms with Gasteiger partial charge in [0.25, 0.3) is 0 Å². The summed E-state index contributed by atoms with van der Waals surface area (Å²) in [6, 6.07) is 6.10. The summed E-state index contributed by atoms with van der Waals surface area (Å²) in [5, 5.41) is 0. The molecule has 0 bridgehead atoms. The Morgan fingerprint density at radius 2 is 1.76 bits per heavy atom. The Hall–Kier alpha value is -1.62. The monoisotopic (exact) mass is 254 g/mol. The van der Waals surface area contributed by atoms with Gasteiger partial charge in [0.2, 0.25) is 0 Å². The van der Waals surface area contributed by atoms with Gasteiger partial charge in [0.1, 0.15) is 4.90 Å². The number of allylic oxidation sites excluding steroid dienone is 1. The molecule has 0 heterocycles. The van der Waals surface area contributed by atoms with Gasteiger partial charge < -0.3 is 4.18 Å². The fraction of sp³-hybridized carbons (Fsp3) is 0.250. The third kappa shape index (κ3) is 3.42. The van der Waals surface area contributed by atoms with Crippen LogP contribution in [0.15, 0.2) is 40.8 Å². The van der Waals surface area contributed by atoms with Crippen LogP contribution in [0, 0.1) is 6.92 Å². The van der Waals surface area contributed by atoms with Crippen LogP contribution in [-0.4, -0.2) is 14.4 Å². The van der Waals surface area contributed by atoms with E-state index in [-0.39, 0.29) is 10.5 Å². The molecular formula is C12H14O4S. The molecule has 0 N–H and O–H groups in total. The third-order valence-electron chi connectivity index (χ3n) is 2.25. The van der Waals surface area contributed by atoms with Crippen molar-refractivity contribution in [2.24, 2.45) is 0 Å². The van der Waals surface area contributed by atoms with Crippen LogP contribution in [0.1, 0.15) is 19.4 Å². The zero-order valence-corrected chi connectivity index (χ0v) is 10.7. The highest BCUT2D eigenvalue weighted by atomic mass is 32.2. The Bertz CT molecular complexity index is 538. The van der Waals surface area contributed by atoms with Crippen LogP contribution in [0.5, 0.6) is 0 Å². The minimum absolute atomic E-state index is 0.0275. The molecule has 5 heteroatoms. The van der Waals surface area contributed by atoms with Crippen molar-refractivity contribution in [3.8, 4) is 0 Å². The minimum Gasteiger partial charge on any atom is -0.338 e. The largest absolute Gasteiger partial charge is 0.349 e. The lowest BCUT2D eigenvalue weighted by Crippen LogP contribution is -2.14. The first kappa shape index (κ1) is 13.4. The fourth-order valence-electron chi connectivity index (χ4n) is 1.04. The van der Waals surface area contributed by atoms with Crippen LogP contribution in [0.4, 0.5) is 0 Å². The van der Waals surface area contributed by atoms with Gasteiger partial charge in [-0.15, -0.1) is 0 Å². The fourth-order valence-corrected chi connectivity index (χ4v) is 1.93. The maximum atomic E-state index is 11.7. The quantitative estimate of drug-likeness (QED) is 0.613. The zero-order valence-electron chi connectivity index (χ0n) is 9.93. The summed E-state index contributed by atoms with van der Waals surface area (Å²) in [6.07, 6.45) is 1.49. The summed E-state index contributed by atoms with van der Waals surface area (Å²) in [5.74, 6) is -0.854. The maximum absolute atomic E-state index is 11.7. The zero-order chi connectivity index (χ0) is 13.1. The van der Waals surface area contributed by atoms with Gasteiger partial charge >= 0.3 is 16.1 Å². The molecule has 0 unspecified atom stereocenters. The van der Waals surface area contributed by atoms with Gasteiger partial charge in [-0.2, -0.15) is 8.42 Å². The molecule has 0 aliphatic heterocycles. The summed E-state index contributed by atoms with van der Waals surface area (Å²) < 4.78 is 27.9. The first-order chi connectivity index (χ1) is 7.86. The summed E-state index contributed by atoms with van der Waals surface area (Å²) in [4.78, 5) is 11.3. The number of benzene rings is 1. The summed E-state index contributed by atoms with van der Waals surface area (Å²) in [5.41, 5.74) is 1.18. The highest BCUT2D eigenvalue weighted by Crippen LogP contribution is 2.14.